The number of Topliss-reactive ketones (excluding diaryl/α,β-unsaturated/α-hetero) is 1. The van der Waals surface area contributed by atoms with E-state index in [1.807, 2.05) is 13.8 Å². The zero-order valence-electron chi connectivity index (χ0n) is 16.5. The highest BCUT2D eigenvalue weighted by molar-refractivity contribution is 6.46. The van der Waals surface area contributed by atoms with Gasteiger partial charge in [0, 0.05) is 31.0 Å². The lowest BCUT2D eigenvalue weighted by molar-refractivity contribution is -0.140. The Balaban J connectivity index is 2.06. The van der Waals surface area contributed by atoms with Gasteiger partial charge in [0.25, 0.3) is 11.7 Å². The van der Waals surface area contributed by atoms with E-state index in [0.717, 1.165) is 13.1 Å². The van der Waals surface area contributed by atoms with Crippen LogP contribution in [0, 0.1) is 5.82 Å². The highest BCUT2D eigenvalue weighted by atomic mass is 19.1. The van der Waals surface area contributed by atoms with Crippen LogP contribution in [0.2, 0.25) is 0 Å². The number of halogens is 1. The first-order valence-electron chi connectivity index (χ1n) is 9.64. The molecule has 2 aromatic rings. The second-order valence-corrected chi connectivity index (χ2v) is 6.81. The summed E-state index contributed by atoms with van der Waals surface area (Å²) in [5.41, 5.74) is 0.908. The summed E-state index contributed by atoms with van der Waals surface area (Å²) in [6.07, 6.45) is 3.18. The van der Waals surface area contributed by atoms with Gasteiger partial charge in [0.2, 0.25) is 0 Å². The van der Waals surface area contributed by atoms with Crippen LogP contribution in [-0.2, 0) is 9.59 Å². The van der Waals surface area contributed by atoms with E-state index in [0.29, 0.717) is 18.7 Å². The number of amides is 1. The number of hydrogen-bond donors (Lipinski definition) is 1. The van der Waals surface area contributed by atoms with Crippen molar-refractivity contribution >= 4 is 17.4 Å². The zero-order valence-corrected chi connectivity index (χ0v) is 16.5. The van der Waals surface area contributed by atoms with Gasteiger partial charge in [-0.2, -0.15) is 0 Å². The van der Waals surface area contributed by atoms with Gasteiger partial charge in [-0.05, 0) is 49.0 Å². The normalized spacial score (nSPS) is 18.6. The summed E-state index contributed by atoms with van der Waals surface area (Å²) in [5.74, 6) is -2.18. The zero-order chi connectivity index (χ0) is 21.0. The number of aromatic nitrogens is 1. The highest BCUT2D eigenvalue weighted by Gasteiger charge is 2.46. The first kappa shape index (κ1) is 20.7. The Bertz CT molecular complexity index is 909. The molecule has 7 heteroatoms. The number of carbonyl (C=O) groups is 2. The average molecular weight is 397 g/mol. The number of aliphatic hydroxyl groups is 1. The number of likely N-dealkylation sites (tertiary alicyclic amines) is 1. The third kappa shape index (κ3) is 4.19. The topological polar surface area (TPSA) is 73.7 Å². The Morgan fingerprint density at radius 2 is 1.86 bits per heavy atom. The van der Waals surface area contributed by atoms with Crippen LogP contribution in [0.4, 0.5) is 4.39 Å². The van der Waals surface area contributed by atoms with Crippen LogP contribution in [0.15, 0.2) is 54.4 Å². The number of benzene rings is 1. The molecule has 6 nitrogen and oxygen atoms in total. The maximum Gasteiger partial charge on any atom is 0.295 e. The van der Waals surface area contributed by atoms with Gasteiger partial charge in [0.05, 0.1) is 11.6 Å². The van der Waals surface area contributed by atoms with E-state index in [9.17, 15) is 19.1 Å². The van der Waals surface area contributed by atoms with Gasteiger partial charge in [-0.15, -0.1) is 0 Å². The fourth-order valence-electron chi connectivity index (χ4n) is 3.55. The van der Waals surface area contributed by atoms with Crippen LogP contribution in [0.1, 0.15) is 31.0 Å². The molecule has 3 rings (SSSR count). The number of rotatable bonds is 7. The molecule has 0 unspecified atom stereocenters. The van der Waals surface area contributed by atoms with E-state index in [2.05, 4.69) is 9.88 Å². The second-order valence-electron chi connectivity index (χ2n) is 6.81. The van der Waals surface area contributed by atoms with Gasteiger partial charge in [-0.25, -0.2) is 4.39 Å². The molecule has 1 aliphatic rings. The Morgan fingerprint density at radius 1 is 1.17 bits per heavy atom. The first-order chi connectivity index (χ1) is 14.0. The van der Waals surface area contributed by atoms with E-state index in [4.69, 9.17) is 0 Å². The van der Waals surface area contributed by atoms with Crippen molar-refractivity contribution in [2.24, 2.45) is 0 Å². The van der Waals surface area contributed by atoms with Gasteiger partial charge in [-0.1, -0.05) is 19.9 Å². The molecule has 1 aromatic heterocycles. The average Bonchev–Trinajstić information content (AvgIpc) is 3.00. The molecule has 0 spiro atoms. The first-order valence-corrected chi connectivity index (χ1v) is 9.64. The lowest BCUT2D eigenvalue weighted by Crippen LogP contribution is -2.38. The number of aliphatic hydroxyl groups excluding tert-OH is 1. The summed E-state index contributed by atoms with van der Waals surface area (Å²) >= 11 is 0. The molecule has 1 amide bonds. The molecule has 1 N–H and O–H groups in total. The summed E-state index contributed by atoms with van der Waals surface area (Å²) in [6, 6.07) is 7.91. The summed E-state index contributed by atoms with van der Waals surface area (Å²) in [4.78, 5) is 33.4. The van der Waals surface area contributed by atoms with Crippen molar-refractivity contribution < 1.29 is 19.1 Å². The van der Waals surface area contributed by atoms with Crippen LogP contribution >= 0.6 is 0 Å². The van der Waals surface area contributed by atoms with E-state index in [-0.39, 0.29) is 16.9 Å². The Kier molecular flexibility index (Phi) is 6.39. The van der Waals surface area contributed by atoms with Crippen molar-refractivity contribution in [2.75, 3.05) is 26.2 Å². The Labute approximate surface area is 169 Å². The van der Waals surface area contributed by atoms with Crippen molar-refractivity contribution in [1.29, 1.82) is 0 Å². The van der Waals surface area contributed by atoms with E-state index < -0.39 is 23.5 Å². The Hall–Kier alpha value is -3.06. The lowest BCUT2D eigenvalue weighted by atomic mass is 9.96. The quantitative estimate of drug-likeness (QED) is 0.442. The number of hydrogen-bond acceptors (Lipinski definition) is 5. The standard InChI is InChI=1S/C22H24FN3O3/c1-3-25(4-2)12-13-26-19(16-6-5-11-24-14-16)18(21(28)22(26)29)20(27)15-7-9-17(23)10-8-15/h5-11,14,19,27H,3-4,12-13H2,1-2H3/b20-18+/t19-/m1/s1. The lowest BCUT2D eigenvalue weighted by Gasteiger charge is -2.28. The predicted molar refractivity (Wildman–Crippen MR) is 107 cm³/mol. The van der Waals surface area contributed by atoms with Crippen LogP contribution < -0.4 is 0 Å². The predicted octanol–water partition coefficient (Wildman–Crippen LogP) is 2.98. The van der Waals surface area contributed by atoms with Gasteiger partial charge in [-0.3, -0.25) is 14.6 Å². The third-order valence-electron chi connectivity index (χ3n) is 5.21. The molecule has 1 aromatic carbocycles. The van der Waals surface area contributed by atoms with Crippen molar-refractivity contribution in [3.05, 3.63) is 71.3 Å². The number of carbonyl (C=O) groups excluding carboxylic acids is 2. The maximum absolute atomic E-state index is 13.3. The molecular weight excluding hydrogens is 373 g/mol. The third-order valence-corrected chi connectivity index (χ3v) is 5.21. The van der Waals surface area contributed by atoms with Gasteiger partial charge in [0.15, 0.2) is 0 Å². The highest BCUT2D eigenvalue weighted by Crippen LogP contribution is 2.38. The van der Waals surface area contributed by atoms with Crippen molar-refractivity contribution in [2.45, 2.75) is 19.9 Å². The molecule has 2 heterocycles. The molecular formula is C22H24FN3O3. The minimum Gasteiger partial charge on any atom is -0.507 e. The number of ketones is 1. The monoisotopic (exact) mass is 397 g/mol. The summed E-state index contributed by atoms with van der Waals surface area (Å²) in [7, 11) is 0. The van der Waals surface area contributed by atoms with E-state index in [1.54, 1.807) is 24.5 Å². The molecule has 1 saturated heterocycles. The largest absolute Gasteiger partial charge is 0.507 e. The molecule has 1 atom stereocenters. The SMILES string of the molecule is CCN(CC)CCN1C(=O)C(=O)/C(=C(/O)c2ccc(F)cc2)[C@H]1c1cccnc1. The maximum atomic E-state index is 13.3. The number of nitrogens with zero attached hydrogens (tertiary/aromatic N) is 3. The van der Waals surface area contributed by atoms with E-state index in [1.165, 1.54) is 29.2 Å². The van der Waals surface area contributed by atoms with Gasteiger partial charge in [0.1, 0.15) is 11.6 Å². The molecule has 0 bridgehead atoms. The minimum atomic E-state index is -0.750. The molecule has 0 radical (unpaired) electrons. The molecule has 152 valence electrons. The molecule has 29 heavy (non-hydrogen) atoms. The number of pyridine rings is 1. The van der Waals surface area contributed by atoms with Crippen LogP contribution in [0.5, 0.6) is 0 Å². The van der Waals surface area contributed by atoms with Crippen LogP contribution in [-0.4, -0.2) is 57.8 Å². The molecule has 1 fully saturated rings. The summed E-state index contributed by atoms with van der Waals surface area (Å²) < 4.78 is 13.3. The fourth-order valence-corrected chi connectivity index (χ4v) is 3.55. The number of likely N-dealkylation sites (N-methyl/N-ethyl adjacent to an activating group) is 1. The molecule has 1 aliphatic heterocycles. The minimum absolute atomic E-state index is 0.00541. The molecule has 0 saturated carbocycles. The van der Waals surface area contributed by atoms with Gasteiger partial charge >= 0.3 is 0 Å². The fraction of sp³-hybridized carbons (Fsp3) is 0.318. The smallest absolute Gasteiger partial charge is 0.295 e. The Morgan fingerprint density at radius 3 is 2.45 bits per heavy atom. The van der Waals surface area contributed by atoms with Crippen LogP contribution in [0.25, 0.3) is 5.76 Å². The van der Waals surface area contributed by atoms with E-state index >= 15 is 0 Å². The molecule has 0 aliphatic carbocycles. The van der Waals surface area contributed by atoms with Crippen molar-refractivity contribution in [3.63, 3.8) is 0 Å². The van der Waals surface area contributed by atoms with Gasteiger partial charge < -0.3 is 14.9 Å². The van der Waals surface area contributed by atoms with Crippen LogP contribution in [0.3, 0.4) is 0 Å². The van der Waals surface area contributed by atoms with Crippen molar-refractivity contribution in [1.82, 2.24) is 14.8 Å². The van der Waals surface area contributed by atoms with Crippen molar-refractivity contribution in [3.8, 4) is 0 Å². The summed E-state index contributed by atoms with van der Waals surface area (Å²) in [5, 5.41) is 10.8. The summed E-state index contributed by atoms with van der Waals surface area (Å²) in [6.45, 7) is 6.66. The second kappa shape index (κ2) is 8.96.